The Kier molecular flexibility index (Phi) is 7.40. The second-order valence-corrected chi connectivity index (χ2v) is 12.3. The first kappa shape index (κ1) is 27.3. The number of anilines is 3. The molecule has 2 aromatic heterocycles. The van der Waals surface area contributed by atoms with E-state index in [1.54, 1.807) is 42.6 Å². The molecule has 9 heteroatoms. The van der Waals surface area contributed by atoms with Crippen LogP contribution < -0.4 is 15.1 Å². The number of nitrogens with zero attached hydrogens (tertiary/aromatic N) is 4. The molecular formula is C34H33N5O3S. The lowest BCUT2D eigenvalue weighted by molar-refractivity contribution is 0.0797. The number of nitrogens with one attached hydrogen (secondary N) is 1. The molecule has 0 unspecified atom stereocenters. The summed E-state index contributed by atoms with van der Waals surface area (Å²) in [5.41, 5.74) is 4.63. The quantitative estimate of drug-likeness (QED) is 0.303. The lowest BCUT2D eigenvalue weighted by Gasteiger charge is -2.23. The van der Waals surface area contributed by atoms with Crippen molar-refractivity contribution in [2.45, 2.75) is 32.1 Å². The summed E-state index contributed by atoms with van der Waals surface area (Å²) >= 11 is 1.53. The van der Waals surface area contributed by atoms with Gasteiger partial charge in [0.15, 0.2) is 0 Å². The van der Waals surface area contributed by atoms with Crippen molar-refractivity contribution in [3.8, 4) is 10.4 Å². The standard InChI is InChI=1S/C34H33N5O3S/c40-32(27-9-7-16-35-31(27)37-17-3-4-18-37)36-25-13-11-23(12-14-25)33(41)39-21-15-24-22-29(34(42)38-19-5-6-20-38)43-30(24)26-8-1-2-10-28(26)39/h1-2,7-14,16,22H,3-6,15,17-21H2,(H,36,40). The SMILES string of the molecule is O=C(Nc1ccc(C(=O)N2CCc3cc(C(=O)N4CCCC4)sc3-c3ccccc32)cc1)c1cccnc1N1CCCC1. The molecule has 0 atom stereocenters. The number of hydrogen-bond donors (Lipinski definition) is 1. The van der Waals surface area contributed by atoms with Gasteiger partial charge in [-0.25, -0.2) is 4.98 Å². The largest absolute Gasteiger partial charge is 0.356 e. The first-order valence-electron chi connectivity index (χ1n) is 15.0. The molecule has 0 spiro atoms. The van der Waals surface area contributed by atoms with Gasteiger partial charge in [0.2, 0.25) is 0 Å². The van der Waals surface area contributed by atoms with Gasteiger partial charge in [-0.1, -0.05) is 18.2 Å². The molecule has 2 saturated heterocycles. The minimum atomic E-state index is -0.218. The second-order valence-electron chi connectivity index (χ2n) is 11.3. The third-order valence-electron chi connectivity index (χ3n) is 8.53. The van der Waals surface area contributed by atoms with Crippen molar-refractivity contribution < 1.29 is 14.4 Å². The van der Waals surface area contributed by atoms with Crippen molar-refractivity contribution >= 4 is 46.3 Å². The van der Waals surface area contributed by atoms with Crippen LogP contribution in [0.5, 0.6) is 0 Å². The normalized spacial score (nSPS) is 16.0. The van der Waals surface area contributed by atoms with Crippen molar-refractivity contribution in [1.29, 1.82) is 0 Å². The molecule has 3 aliphatic rings. The predicted molar refractivity (Wildman–Crippen MR) is 170 cm³/mol. The zero-order valence-corrected chi connectivity index (χ0v) is 24.7. The smallest absolute Gasteiger partial charge is 0.263 e. The Hall–Kier alpha value is -4.50. The summed E-state index contributed by atoms with van der Waals surface area (Å²) in [5, 5.41) is 2.98. The number of benzene rings is 2. The van der Waals surface area contributed by atoms with Gasteiger partial charge in [0.05, 0.1) is 16.1 Å². The summed E-state index contributed by atoms with van der Waals surface area (Å²) < 4.78 is 0. The van der Waals surface area contributed by atoms with Crippen LogP contribution in [0, 0.1) is 0 Å². The molecule has 0 saturated carbocycles. The molecule has 2 aromatic carbocycles. The fourth-order valence-corrected chi connectivity index (χ4v) is 7.51. The Labute approximate surface area is 255 Å². The summed E-state index contributed by atoms with van der Waals surface area (Å²) in [6, 6.07) is 20.6. The van der Waals surface area contributed by atoms with Crippen LogP contribution in [0.2, 0.25) is 0 Å². The highest BCUT2D eigenvalue weighted by atomic mass is 32.1. The highest BCUT2D eigenvalue weighted by Crippen LogP contribution is 2.42. The number of fused-ring (bicyclic) bond motifs is 3. The van der Waals surface area contributed by atoms with Crippen LogP contribution in [0.4, 0.5) is 17.2 Å². The molecule has 0 bridgehead atoms. The summed E-state index contributed by atoms with van der Waals surface area (Å²) in [7, 11) is 0. The highest BCUT2D eigenvalue weighted by molar-refractivity contribution is 7.17. The lowest BCUT2D eigenvalue weighted by atomic mass is 10.1. The van der Waals surface area contributed by atoms with E-state index in [1.807, 2.05) is 40.1 Å². The first-order valence-corrected chi connectivity index (χ1v) is 15.8. The van der Waals surface area contributed by atoms with E-state index in [9.17, 15) is 14.4 Å². The average molecular weight is 592 g/mol. The van der Waals surface area contributed by atoms with Crippen molar-refractivity contribution in [3.05, 3.63) is 94.5 Å². The van der Waals surface area contributed by atoms with Gasteiger partial charge in [0, 0.05) is 60.6 Å². The zero-order valence-electron chi connectivity index (χ0n) is 23.9. The Bertz CT molecular complexity index is 1690. The van der Waals surface area contributed by atoms with Crippen molar-refractivity contribution in [2.24, 2.45) is 0 Å². The molecule has 7 rings (SSSR count). The van der Waals surface area contributed by atoms with Crippen LogP contribution >= 0.6 is 11.3 Å². The number of rotatable bonds is 5. The van der Waals surface area contributed by atoms with Crippen LogP contribution in [-0.2, 0) is 6.42 Å². The van der Waals surface area contributed by atoms with E-state index in [2.05, 4.69) is 15.2 Å². The Balaban J connectivity index is 1.09. The number of carbonyl (C=O) groups excluding carboxylic acids is 3. The number of likely N-dealkylation sites (tertiary alicyclic amines) is 1. The molecular weight excluding hydrogens is 558 g/mol. The van der Waals surface area contributed by atoms with Gasteiger partial charge in [-0.3, -0.25) is 14.4 Å². The number of carbonyl (C=O) groups is 3. The van der Waals surface area contributed by atoms with E-state index in [1.165, 1.54) is 11.3 Å². The molecule has 3 amide bonds. The van der Waals surface area contributed by atoms with Gasteiger partial charge in [-0.2, -0.15) is 0 Å². The van der Waals surface area contributed by atoms with Gasteiger partial charge in [0.25, 0.3) is 17.7 Å². The minimum absolute atomic E-state index is 0.0996. The molecule has 3 aliphatic heterocycles. The van der Waals surface area contributed by atoms with E-state index < -0.39 is 0 Å². The second kappa shape index (κ2) is 11.6. The molecule has 0 radical (unpaired) electrons. The summed E-state index contributed by atoms with van der Waals surface area (Å²) in [6.07, 6.45) is 6.71. The van der Waals surface area contributed by atoms with Crippen LogP contribution in [0.1, 0.15) is 61.6 Å². The zero-order chi connectivity index (χ0) is 29.3. The Morgan fingerprint density at radius 1 is 0.791 bits per heavy atom. The number of para-hydroxylation sites is 1. The van der Waals surface area contributed by atoms with Crippen LogP contribution in [0.3, 0.4) is 0 Å². The van der Waals surface area contributed by atoms with Crippen molar-refractivity contribution in [1.82, 2.24) is 9.88 Å². The predicted octanol–water partition coefficient (Wildman–Crippen LogP) is 6.10. The van der Waals surface area contributed by atoms with Crippen LogP contribution in [0.15, 0.2) is 72.9 Å². The van der Waals surface area contributed by atoms with Crippen LogP contribution in [0.25, 0.3) is 10.4 Å². The van der Waals surface area contributed by atoms with E-state index in [0.717, 1.165) is 78.4 Å². The molecule has 1 N–H and O–H groups in total. The summed E-state index contributed by atoms with van der Waals surface area (Å²) in [4.78, 5) is 52.4. The van der Waals surface area contributed by atoms with Gasteiger partial charge < -0.3 is 20.0 Å². The Morgan fingerprint density at radius 3 is 2.33 bits per heavy atom. The summed E-state index contributed by atoms with van der Waals surface area (Å²) in [6.45, 7) is 3.96. The fourth-order valence-electron chi connectivity index (χ4n) is 6.29. The van der Waals surface area contributed by atoms with Gasteiger partial charge in [-0.05, 0) is 86.2 Å². The van der Waals surface area contributed by atoms with E-state index >= 15 is 0 Å². The van der Waals surface area contributed by atoms with Crippen molar-refractivity contribution in [3.63, 3.8) is 0 Å². The maximum absolute atomic E-state index is 13.9. The summed E-state index contributed by atoms with van der Waals surface area (Å²) in [5.74, 6) is 0.510. The molecule has 8 nitrogen and oxygen atoms in total. The number of aromatic nitrogens is 1. The monoisotopic (exact) mass is 591 g/mol. The minimum Gasteiger partial charge on any atom is -0.356 e. The lowest BCUT2D eigenvalue weighted by Crippen LogP contribution is -2.32. The number of hydrogen-bond acceptors (Lipinski definition) is 6. The highest BCUT2D eigenvalue weighted by Gasteiger charge is 2.29. The van der Waals surface area contributed by atoms with E-state index in [4.69, 9.17) is 0 Å². The molecule has 2 fully saturated rings. The average Bonchev–Trinajstić information content (AvgIpc) is 3.83. The molecule has 218 valence electrons. The maximum Gasteiger partial charge on any atom is 0.263 e. The van der Waals surface area contributed by atoms with E-state index in [-0.39, 0.29) is 17.7 Å². The third-order valence-corrected chi connectivity index (χ3v) is 9.73. The van der Waals surface area contributed by atoms with E-state index in [0.29, 0.717) is 35.6 Å². The molecule has 43 heavy (non-hydrogen) atoms. The molecule has 4 aromatic rings. The third kappa shape index (κ3) is 5.29. The number of amides is 3. The molecule has 5 heterocycles. The topological polar surface area (TPSA) is 85.8 Å². The maximum atomic E-state index is 13.9. The van der Waals surface area contributed by atoms with Gasteiger partial charge in [0.1, 0.15) is 5.82 Å². The fraction of sp³-hybridized carbons (Fsp3) is 0.294. The van der Waals surface area contributed by atoms with Gasteiger partial charge in [-0.15, -0.1) is 11.3 Å². The number of thiophene rings is 1. The first-order chi connectivity index (χ1) is 21.1. The molecule has 0 aliphatic carbocycles. The van der Waals surface area contributed by atoms with Crippen molar-refractivity contribution in [2.75, 3.05) is 47.8 Å². The van der Waals surface area contributed by atoms with Crippen LogP contribution in [-0.4, -0.2) is 60.3 Å². The number of pyridine rings is 1. The Morgan fingerprint density at radius 2 is 1.53 bits per heavy atom. The van der Waals surface area contributed by atoms with Gasteiger partial charge >= 0.3 is 0 Å².